The molecule has 148 valence electrons. The lowest BCUT2D eigenvalue weighted by atomic mass is 9.90. The maximum Gasteiger partial charge on any atom is 0.263 e. The number of benzene rings is 2. The van der Waals surface area contributed by atoms with E-state index in [0.717, 1.165) is 50.9 Å². The number of hydrogen-bond donors (Lipinski definition) is 0. The molecule has 2 aromatic rings. The van der Waals surface area contributed by atoms with Gasteiger partial charge in [-0.2, -0.15) is 0 Å². The maximum atomic E-state index is 12.9. The van der Waals surface area contributed by atoms with Gasteiger partial charge in [0.25, 0.3) is 5.91 Å². The Morgan fingerprint density at radius 1 is 1.04 bits per heavy atom. The minimum atomic E-state index is -0.418. The van der Waals surface area contributed by atoms with Crippen LogP contribution in [0, 0.1) is 5.92 Å². The summed E-state index contributed by atoms with van der Waals surface area (Å²) in [6.45, 7) is 3.59. The quantitative estimate of drug-likeness (QED) is 0.748. The number of rotatable bonds is 5. The number of carbonyl (C=O) groups excluding carboxylic acids is 1. The Labute approximate surface area is 168 Å². The molecule has 0 unspecified atom stereocenters. The van der Waals surface area contributed by atoms with Crippen LogP contribution < -0.4 is 4.74 Å². The van der Waals surface area contributed by atoms with Crippen LogP contribution in [-0.2, 0) is 24.1 Å². The number of ether oxygens (including phenoxy) is 1. The predicted octanol–water partition coefficient (Wildman–Crippen LogP) is 4.81. The number of piperidine rings is 1. The molecule has 2 aromatic carbocycles. The SMILES string of the molecule is C[C@H](Oc1cccc2c1CCCC2)C(=O)N1CCC(Cc2ccccc2)CC1. The zero-order valence-electron chi connectivity index (χ0n) is 16.9. The number of likely N-dealkylation sites (tertiary alicyclic amines) is 1. The summed E-state index contributed by atoms with van der Waals surface area (Å²) in [7, 11) is 0. The minimum Gasteiger partial charge on any atom is -0.481 e. The van der Waals surface area contributed by atoms with Crippen LogP contribution in [0.5, 0.6) is 5.75 Å². The van der Waals surface area contributed by atoms with Crippen molar-refractivity contribution in [2.75, 3.05) is 13.1 Å². The Bertz CT molecular complexity index is 793. The Morgan fingerprint density at radius 3 is 2.57 bits per heavy atom. The second-order valence-corrected chi connectivity index (χ2v) is 8.32. The first kappa shape index (κ1) is 19.0. The van der Waals surface area contributed by atoms with Gasteiger partial charge in [0.2, 0.25) is 0 Å². The van der Waals surface area contributed by atoms with Gasteiger partial charge in [-0.25, -0.2) is 0 Å². The standard InChI is InChI=1S/C25H31NO2/c1-19(28-24-13-7-11-22-10-5-6-12-23(22)24)25(27)26-16-14-21(15-17-26)18-20-8-3-2-4-9-20/h2-4,7-9,11,13,19,21H,5-6,10,12,14-18H2,1H3/t19-/m0/s1. The highest BCUT2D eigenvalue weighted by molar-refractivity contribution is 5.81. The third-order valence-corrected chi connectivity index (χ3v) is 6.30. The van der Waals surface area contributed by atoms with Crippen LogP contribution in [-0.4, -0.2) is 30.0 Å². The predicted molar refractivity (Wildman–Crippen MR) is 113 cm³/mol. The molecule has 1 fully saturated rings. The molecule has 0 radical (unpaired) electrons. The first-order chi connectivity index (χ1) is 13.7. The van der Waals surface area contributed by atoms with Gasteiger partial charge in [-0.3, -0.25) is 4.79 Å². The van der Waals surface area contributed by atoms with E-state index in [-0.39, 0.29) is 5.91 Å². The van der Waals surface area contributed by atoms with Gasteiger partial charge in [0.05, 0.1) is 0 Å². The molecule has 1 heterocycles. The molecule has 3 nitrogen and oxygen atoms in total. The molecule has 0 N–H and O–H groups in total. The monoisotopic (exact) mass is 377 g/mol. The molecule has 1 atom stereocenters. The Hall–Kier alpha value is -2.29. The van der Waals surface area contributed by atoms with Gasteiger partial charge in [-0.15, -0.1) is 0 Å². The number of hydrogen-bond acceptors (Lipinski definition) is 2. The summed E-state index contributed by atoms with van der Waals surface area (Å²) in [6, 6.07) is 17.0. The fraction of sp³-hybridized carbons (Fsp3) is 0.480. The van der Waals surface area contributed by atoms with Crippen molar-refractivity contribution < 1.29 is 9.53 Å². The highest BCUT2D eigenvalue weighted by Gasteiger charge is 2.28. The lowest BCUT2D eigenvalue weighted by molar-refractivity contribution is -0.139. The fourth-order valence-electron chi connectivity index (χ4n) is 4.66. The van der Waals surface area contributed by atoms with Crippen LogP contribution in [0.25, 0.3) is 0 Å². The Balaban J connectivity index is 1.31. The molecule has 0 saturated carbocycles. The van der Waals surface area contributed by atoms with E-state index in [4.69, 9.17) is 4.74 Å². The second kappa shape index (κ2) is 8.81. The smallest absolute Gasteiger partial charge is 0.263 e. The highest BCUT2D eigenvalue weighted by atomic mass is 16.5. The average molecular weight is 378 g/mol. The van der Waals surface area contributed by atoms with E-state index in [1.807, 2.05) is 17.9 Å². The molecule has 2 aliphatic rings. The van der Waals surface area contributed by atoms with Crippen molar-refractivity contribution in [2.45, 2.75) is 58.0 Å². The highest BCUT2D eigenvalue weighted by Crippen LogP contribution is 2.30. The molecule has 1 aliphatic heterocycles. The Morgan fingerprint density at radius 2 is 1.79 bits per heavy atom. The molecular weight excluding hydrogens is 346 g/mol. The third-order valence-electron chi connectivity index (χ3n) is 6.30. The van der Waals surface area contributed by atoms with Crippen LogP contribution in [0.3, 0.4) is 0 Å². The van der Waals surface area contributed by atoms with Gasteiger partial charge in [-0.05, 0) is 80.5 Å². The number of fused-ring (bicyclic) bond motifs is 1. The van der Waals surface area contributed by atoms with Crippen molar-refractivity contribution in [2.24, 2.45) is 5.92 Å². The van der Waals surface area contributed by atoms with Gasteiger partial charge in [0.1, 0.15) is 5.75 Å². The van der Waals surface area contributed by atoms with E-state index in [1.165, 1.54) is 29.5 Å². The van der Waals surface area contributed by atoms with Crippen molar-refractivity contribution in [3.63, 3.8) is 0 Å². The molecule has 4 rings (SSSR count). The minimum absolute atomic E-state index is 0.131. The average Bonchev–Trinajstić information content (AvgIpc) is 2.75. The first-order valence-electron chi connectivity index (χ1n) is 10.8. The van der Waals surface area contributed by atoms with Crippen molar-refractivity contribution in [3.8, 4) is 5.75 Å². The fourth-order valence-corrected chi connectivity index (χ4v) is 4.66. The van der Waals surface area contributed by atoms with Gasteiger partial charge < -0.3 is 9.64 Å². The van der Waals surface area contributed by atoms with Gasteiger partial charge in [-0.1, -0.05) is 42.5 Å². The normalized spacial score (nSPS) is 18.4. The molecule has 1 aliphatic carbocycles. The van der Waals surface area contributed by atoms with Crippen LogP contribution in [0.4, 0.5) is 0 Å². The van der Waals surface area contributed by atoms with E-state index in [0.29, 0.717) is 5.92 Å². The summed E-state index contributed by atoms with van der Waals surface area (Å²) in [5.41, 5.74) is 4.11. The van der Waals surface area contributed by atoms with Crippen molar-refractivity contribution in [1.82, 2.24) is 4.90 Å². The summed E-state index contributed by atoms with van der Waals surface area (Å²) in [5, 5.41) is 0. The molecule has 0 aromatic heterocycles. The van der Waals surface area contributed by atoms with Crippen molar-refractivity contribution in [3.05, 3.63) is 65.2 Å². The van der Waals surface area contributed by atoms with Crippen molar-refractivity contribution in [1.29, 1.82) is 0 Å². The van der Waals surface area contributed by atoms with Gasteiger partial charge in [0.15, 0.2) is 6.10 Å². The zero-order valence-corrected chi connectivity index (χ0v) is 16.9. The molecule has 3 heteroatoms. The largest absolute Gasteiger partial charge is 0.481 e. The summed E-state index contributed by atoms with van der Waals surface area (Å²) < 4.78 is 6.16. The maximum absolute atomic E-state index is 12.9. The molecule has 1 amide bonds. The molecule has 0 bridgehead atoms. The molecule has 0 spiro atoms. The second-order valence-electron chi connectivity index (χ2n) is 8.32. The van der Waals surface area contributed by atoms with Gasteiger partial charge in [0, 0.05) is 13.1 Å². The topological polar surface area (TPSA) is 29.5 Å². The third kappa shape index (κ3) is 4.40. The summed E-state index contributed by atoms with van der Waals surface area (Å²) in [6.07, 6.45) is 7.51. The molecular formula is C25H31NO2. The van der Waals surface area contributed by atoms with E-state index < -0.39 is 6.10 Å². The summed E-state index contributed by atoms with van der Waals surface area (Å²) in [5.74, 6) is 1.72. The van der Waals surface area contributed by atoms with E-state index >= 15 is 0 Å². The lowest BCUT2D eigenvalue weighted by Gasteiger charge is -2.34. The van der Waals surface area contributed by atoms with Crippen LogP contribution in [0.1, 0.15) is 49.3 Å². The van der Waals surface area contributed by atoms with E-state index in [2.05, 4.69) is 42.5 Å². The van der Waals surface area contributed by atoms with Crippen molar-refractivity contribution >= 4 is 5.91 Å². The number of carbonyl (C=O) groups is 1. The van der Waals surface area contributed by atoms with E-state index in [9.17, 15) is 4.79 Å². The van der Waals surface area contributed by atoms with E-state index in [1.54, 1.807) is 0 Å². The molecule has 1 saturated heterocycles. The molecule has 28 heavy (non-hydrogen) atoms. The van der Waals surface area contributed by atoms with Gasteiger partial charge >= 0.3 is 0 Å². The van der Waals surface area contributed by atoms with Crippen LogP contribution in [0.15, 0.2) is 48.5 Å². The number of aryl methyl sites for hydroxylation is 1. The number of amides is 1. The zero-order chi connectivity index (χ0) is 19.3. The first-order valence-corrected chi connectivity index (χ1v) is 10.8. The lowest BCUT2D eigenvalue weighted by Crippen LogP contribution is -2.45. The van der Waals surface area contributed by atoms with Crippen LogP contribution in [0.2, 0.25) is 0 Å². The number of nitrogens with zero attached hydrogens (tertiary/aromatic N) is 1. The summed E-state index contributed by atoms with van der Waals surface area (Å²) >= 11 is 0. The Kier molecular flexibility index (Phi) is 5.99. The van der Waals surface area contributed by atoms with Crippen LogP contribution >= 0.6 is 0 Å². The summed E-state index contributed by atoms with van der Waals surface area (Å²) in [4.78, 5) is 14.9.